The number of aliphatic hydroxyl groups excluding tert-OH is 1. The minimum atomic E-state index is -1.15. The number of allylic oxidation sites excluding steroid dienone is 1. The van der Waals surface area contributed by atoms with Crippen molar-refractivity contribution >= 4 is 53.7 Å². The number of fused-ring (bicyclic) bond motifs is 3. The largest absolute Gasteiger partial charge is 0.504 e. The quantitative estimate of drug-likeness (QED) is 0.166. The number of benzene rings is 1. The van der Waals surface area contributed by atoms with Crippen LogP contribution < -0.4 is 4.74 Å². The molecule has 0 aromatic heterocycles. The summed E-state index contributed by atoms with van der Waals surface area (Å²) in [5, 5.41) is 31.1. The topological polar surface area (TPSA) is 143 Å². The van der Waals surface area contributed by atoms with Crippen LogP contribution >= 0.6 is 22.6 Å². The predicted octanol–water partition coefficient (Wildman–Crippen LogP) is 3.52. The van der Waals surface area contributed by atoms with Crippen molar-refractivity contribution in [3.63, 3.8) is 0 Å². The number of aromatic hydroxyl groups is 1. The van der Waals surface area contributed by atoms with Gasteiger partial charge in [-0.3, -0.25) is 9.59 Å². The van der Waals surface area contributed by atoms with E-state index in [1.54, 1.807) is 6.07 Å². The lowest BCUT2D eigenvalue weighted by Crippen LogP contribution is -2.46. The number of rotatable bonds is 8. The van der Waals surface area contributed by atoms with Gasteiger partial charge in [-0.05, 0) is 89.4 Å². The van der Waals surface area contributed by atoms with Gasteiger partial charge in [0.25, 0.3) is 0 Å². The van der Waals surface area contributed by atoms with Gasteiger partial charge < -0.3 is 29.4 Å². The third-order valence-electron chi connectivity index (χ3n) is 7.80. The first-order valence-electron chi connectivity index (χ1n) is 13.0. The van der Waals surface area contributed by atoms with Crippen LogP contribution in [0, 0.1) is 21.3 Å². The maximum Gasteiger partial charge on any atom is 0.455 e. The number of ether oxygens (including phenoxy) is 2. The highest BCUT2D eigenvalue weighted by Gasteiger charge is 2.59. The summed E-state index contributed by atoms with van der Waals surface area (Å²) in [6, 6.07) is 3.64. The highest BCUT2D eigenvalue weighted by Crippen LogP contribution is 2.50. The Labute approximate surface area is 241 Å². The Hall–Kier alpha value is -2.42. The van der Waals surface area contributed by atoms with Gasteiger partial charge in [-0.2, -0.15) is 4.90 Å². The molecular weight excluding hydrogens is 620 g/mol. The average Bonchev–Trinajstić information content (AvgIpc) is 3.17. The summed E-state index contributed by atoms with van der Waals surface area (Å²) in [6.07, 6.45) is 3.53. The number of aliphatic hydroxyl groups is 1. The minimum Gasteiger partial charge on any atom is -0.504 e. The van der Waals surface area contributed by atoms with Gasteiger partial charge in [0.15, 0.2) is 11.5 Å². The van der Waals surface area contributed by atoms with Crippen LogP contribution in [0.25, 0.3) is 6.08 Å². The van der Waals surface area contributed by atoms with Crippen molar-refractivity contribution in [3.05, 3.63) is 38.0 Å². The molecule has 0 spiro atoms. The third kappa shape index (κ3) is 5.75. The van der Waals surface area contributed by atoms with E-state index in [0.29, 0.717) is 32.6 Å². The molecule has 3 N–H and O–H groups in total. The molecule has 1 aromatic rings. The molecule has 2 heterocycles. The van der Waals surface area contributed by atoms with E-state index < -0.39 is 48.9 Å². The van der Waals surface area contributed by atoms with Crippen LogP contribution in [-0.4, -0.2) is 72.1 Å². The van der Waals surface area contributed by atoms with Crippen LogP contribution in [0.2, 0.25) is 6.32 Å². The van der Waals surface area contributed by atoms with E-state index in [1.165, 1.54) is 7.11 Å². The minimum absolute atomic E-state index is 0.0905. The fourth-order valence-corrected chi connectivity index (χ4v) is 6.78. The van der Waals surface area contributed by atoms with Crippen LogP contribution in [0.15, 0.2) is 28.9 Å². The Morgan fingerprint density at radius 3 is 2.62 bits per heavy atom. The summed E-state index contributed by atoms with van der Waals surface area (Å²) < 4.78 is 16.6. The molecule has 0 saturated carbocycles. The fourth-order valence-electron chi connectivity index (χ4n) is 6.16. The molecule has 3 amide bonds. The molecule has 4 atom stereocenters. The zero-order chi connectivity index (χ0) is 28.4. The number of nitrogens with zero attached hydrogens (tertiary/aromatic N) is 1. The summed E-state index contributed by atoms with van der Waals surface area (Å²) in [7, 11) is 1.46. The van der Waals surface area contributed by atoms with Gasteiger partial charge in [0.1, 0.15) is 0 Å². The van der Waals surface area contributed by atoms with E-state index in [2.05, 4.69) is 40.3 Å². The maximum atomic E-state index is 13.2. The third-order valence-corrected chi connectivity index (χ3v) is 8.62. The molecule has 210 valence electrons. The summed E-state index contributed by atoms with van der Waals surface area (Å²) >= 11 is 2.06. The zero-order valence-electron chi connectivity index (χ0n) is 22.2. The van der Waals surface area contributed by atoms with Gasteiger partial charge in [0.2, 0.25) is 11.8 Å². The van der Waals surface area contributed by atoms with Gasteiger partial charge in [0.05, 0.1) is 42.3 Å². The van der Waals surface area contributed by atoms with Gasteiger partial charge in [-0.1, -0.05) is 25.0 Å². The number of halogens is 1. The number of hydrogen-bond donors (Lipinski definition) is 3. The van der Waals surface area contributed by atoms with E-state index in [4.69, 9.17) is 9.39 Å². The van der Waals surface area contributed by atoms with Crippen LogP contribution in [-0.2, 0) is 19.0 Å². The van der Waals surface area contributed by atoms with Crippen LogP contribution in [0.3, 0.4) is 0 Å². The lowest BCUT2D eigenvalue weighted by Gasteiger charge is -2.42. The van der Waals surface area contributed by atoms with Crippen molar-refractivity contribution < 1.29 is 43.7 Å². The SMILES string of the molecule is CCC/C(=C\c1cc(I)c(O)c(OC)c1)CC[C@H]1OB(O)C[C@H]2C1=C(CO)C[C@H]1C(=O)N(C(=O)OC)C(=O)[C@H]12. The number of phenolic OH excluding ortho intramolecular Hbond substituents is 1. The van der Waals surface area contributed by atoms with E-state index in [-0.39, 0.29) is 25.1 Å². The van der Waals surface area contributed by atoms with E-state index in [9.17, 15) is 29.6 Å². The Kier molecular flexibility index (Phi) is 9.40. The number of hydrogen-bond acceptors (Lipinski definition) is 9. The lowest BCUT2D eigenvalue weighted by atomic mass is 9.58. The number of likely N-dealkylation sites (tertiary alicyclic amines) is 1. The second-order valence-corrected chi connectivity index (χ2v) is 11.3. The van der Waals surface area contributed by atoms with Crippen LogP contribution in [0.4, 0.5) is 4.79 Å². The highest BCUT2D eigenvalue weighted by molar-refractivity contribution is 14.1. The maximum absolute atomic E-state index is 13.2. The first-order valence-corrected chi connectivity index (χ1v) is 14.1. The van der Waals surface area contributed by atoms with E-state index in [1.807, 2.05) is 6.07 Å². The van der Waals surface area contributed by atoms with Gasteiger partial charge in [0, 0.05) is 0 Å². The summed E-state index contributed by atoms with van der Waals surface area (Å²) in [4.78, 5) is 38.9. The monoisotopic (exact) mass is 653 g/mol. The first-order chi connectivity index (χ1) is 18.6. The average molecular weight is 653 g/mol. The standard InChI is InChI=1S/C27H33BINO9/c1-4-5-14(8-15-9-19(29)24(32)21(10-15)37-2)6-7-20-22-16(13-31)11-17-23(18(22)12-28(36)39-20)26(34)30(25(17)33)27(35)38-3/h8-10,17-18,20,23,31-32,36H,4-7,11-13H2,1-3H3/b14-8+/t17-,18+,20-,23-/m1/s1. The van der Waals surface area contributed by atoms with Crippen molar-refractivity contribution in [2.75, 3.05) is 20.8 Å². The molecule has 0 unspecified atom stereocenters. The second kappa shape index (κ2) is 12.4. The van der Waals surface area contributed by atoms with Crippen molar-refractivity contribution in [2.24, 2.45) is 17.8 Å². The summed E-state index contributed by atoms with van der Waals surface area (Å²) in [6.45, 7) is 1.77. The fraction of sp³-hybridized carbons (Fsp3) is 0.519. The Balaban J connectivity index is 1.62. The number of carbonyl (C=O) groups excluding carboxylic acids is 3. The first kappa shape index (κ1) is 29.6. The Morgan fingerprint density at radius 2 is 1.97 bits per heavy atom. The lowest BCUT2D eigenvalue weighted by molar-refractivity contribution is -0.137. The smallest absolute Gasteiger partial charge is 0.455 e. The molecule has 2 fully saturated rings. The molecule has 1 aliphatic carbocycles. The Bertz CT molecular complexity index is 1220. The van der Waals surface area contributed by atoms with Gasteiger partial charge in [-0.25, -0.2) is 4.79 Å². The van der Waals surface area contributed by atoms with Crippen LogP contribution in [0.5, 0.6) is 11.5 Å². The summed E-state index contributed by atoms with van der Waals surface area (Å²) in [5.41, 5.74) is 3.37. The second-order valence-electron chi connectivity index (χ2n) is 10.1. The van der Waals surface area contributed by atoms with Gasteiger partial charge in [-0.15, -0.1) is 0 Å². The molecule has 4 rings (SSSR count). The van der Waals surface area contributed by atoms with Crippen molar-refractivity contribution in [1.82, 2.24) is 4.90 Å². The molecule has 2 saturated heterocycles. The Morgan fingerprint density at radius 1 is 1.23 bits per heavy atom. The zero-order valence-corrected chi connectivity index (χ0v) is 24.3. The number of carbonyl (C=O) groups is 3. The molecule has 39 heavy (non-hydrogen) atoms. The number of imide groups is 3. The van der Waals surface area contributed by atoms with Crippen molar-refractivity contribution in [3.8, 4) is 11.5 Å². The van der Waals surface area contributed by atoms with E-state index in [0.717, 1.165) is 36.7 Å². The van der Waals surface area contributed by atoms with Crippen molar-refractivity contribution in [1.29, 1.82) is 0 Å². The van der Waals surface area contributed by atoms with Gasteiger partial charge >= 0.3 is 13.2 Å². The summed E-state index contributed by atoms with van der Waals surface area (Å²) in [5.74, 6) is -2.93. The number of amides is 3. The normalized spacial score (nSPS) is 25.1. The molecule has 3 aliphatic rings. The molecule has 1 aromatic carbocycles. The van der Waals surface area contributed by atoms with Crippen molar-refractivity contribution in [2.45, 2.75) is 51.5 Å². The van der Waals surface area contributed by atoms with E-state index >= 15 is 0 Å². The van der Waals surface area contributed by atoms with Crippen LogP contribution in [0.1, 0.15) is 44.6 Å². The molecule has 0 bridgehead atoms. The molecule has 0 radical (unpaired) electrons. The number of phenols is 1. The molecular formula is C27H33BINO9. The molecule has 2 aliphatic heterocycles. The highest BCUT2D eigenvalue weighted by atomic mass is 127. The molecule has 10 nitrogen and oxygen atoms in total. The number of methoxy groups -OCH3 is 2. The molecule has 12 heteroatoms. The predicted molar refractivity (Wildman–Crippen MR) is 151 cm³/mol.